The smallest absolute Gasteiger partial charge is 0.253 e. The molecule has 5 heteroatoms. The van der Waals surface area contributed by atoms with Crippen LogP contribution in [0, 0.1) is 5.41 Å². The van der Waals surface area contributed by atoms with Crippen molar-refractivity contribution in [1.82, 2.24) is 4.90 Å². The second kappa shape index (κ2) is 6.80. The van der Waals surface area contributed by atoms with E-state index in [1.54, 1.807) is 32.3 Å². The fraction of sp³-hybridized carbons (Fsp3) is 0.562. The van der Waals surface area contributed by atoms with E-state index in [2.05, 4.69) is 26.1 Å². The standard InChI is InChI=1S/C16H27N3O2/c1-16(2,3)9-12(20)10-18-14-8-11(6-7-13(14)17)15(21)19(4)5/h6-8,12,18,20H,9-10,17H2,1-5H3. The number of nitrogens with one attached hydrogen (secondary N) is 1. The maximum atomic E-state index is 11.9. The van der Waals surface area contributed by atoms with E-state index in [1.165, 1.54) is 4.90 Å². The lowest BCUT2D eigenvalue weighted by molar-refractivity contribution is 0.0827. The number of amides is 1. The molecular formula is C16H27N3O2. The van der Waals surface area contributed by atoms with Crippen molar-refractivity contribution in [3.63, 3.8) is 0 Å². The van der Waals surface area contributed by atoms with Crippen LogP contribution in [-0.2, 0) is 0 Å². The first-order valence-corrected chi connectivity index (χ1v) is 7.13. The normalized spacial score (nSPS) is 12.9. The molecule has 1 atom stereocenters. The quantitative estimate of drug-likeness (QED) is 0.727. The SMILES string of the molecule is CN(C)C(=O)c1ccc(N)c(NCC(O)CC(C)(C)C)c1. The highest BCUT2D eigenvalue weighted by Crippen LogP contribution is 2.23. The van der Waals surface area contributed by atoms with E-state index in [9.17, 15) is 9.90 Å². The van der Waals surface area contributed by atoms with Gasteiger partial charge in [-0.25, -0.2) is 0 Å². The van der Waals surface area contributed by atoms with Gasteiger partial charge in [-0.2, -0.15) is 0 Å². The number of nitrogens with zero attached hydrogens (tertiary/aromatic N) is 1. The molecule has 0 spiro atoms. The molecule has 0 fully saturated rings. The van der Waals surface area contributed by atoms with Crippen molar-refractivity contribution in [2.75, 3.05) is 31.7 Å². The van der Waals surface area contributed by atoms with Crippen molar-refractivity contribution in [3.05, 3.63) is 23.8 Å². The number of benzene rings is 1. The Bertz CT molecular complexity index is 493. The molecule has 21 heavy (non-hydrogen) atoms. The predicted molar refractivity (Wildman–Crippen MR) is 87.4 cm³/mol. The molecule has 0 aromatic heterocycles. The number of hydrogen-bond donors (Lipinski definition) is 3. The highest BCUT2D eigenvalue weighted by molar-refractivity contribution is 5.95. The molecule has 5 nitrogen and oxygen atoms in total. The van der Waals surface area contributed by atoms with Crippen molar-refractivity contribution in [1.29, 1.82) is 0 Å². The molecule has 0 bridgehead atoms. The van der Waals surface area contributed by atoms with Crippen LogP contribution in [0.5, 0.6) is 0 Å². The summed E-state index contributed by atoms with van der Waals surface area (Å²) in [5, 5.41) is 13.1. The van der Waals surface area contributed by atoms with Crippen LogP contribution in [0.25, 0.3) is 0 Å². The Balaban J connectivity index is 2.75. The van der Waals surface area contributed by atoms with E-state index < -0.39 is 6.10 Å². The summed E-state index contributed by atoms with van der Waals surface area (Å²) in [7, 11) is 3.41. The molecule has 0 aliphatic rings. The molecular weight excluding hydrogens is 266 g/mol. The van der Waals surface area contributed by atoms with Crippen molar-refractivity contribution in [2.45, 2.75) is 33.3 Å². The van der Waals surface area contributed by atoms with Gasteiger partial charge in [-0.3, -0.25) is 4.79 Å². The van der Waals surface area contributed by atoms with Crippen molar-refractivity contribution in [2.24, 2.45) is 5.41 Å². The van der Waals surface area contributed by atoms with E-state index in [0.29, 0.717) is 29.9 Å². The summed E-state index contributed by atoms with van der Waals surface area (Å²) in [6.45, 7) is 6.66. The van der Waals surface area contributed by atoms with Gasteiger partial charge in [0, 0.05) is 26.2 Å². The second-order valence-corrected chi connectivity index (χ2v) is 6.80. The molecule has 1 unspecified atom stereocenters. The van der Waals surface area contributed by atoms with E-state index in [-0.39, 0.29) is 11.3 Å². The average molecular weight is 293 g/mol. The van der Waals surface area contributed by atoms with E-state index in [0.717, 1.165) is 0 Å². The van der Waals surface area contributed by atoms with Crippen LogP contribution in [0.2, 0.25) is 0 Å². The van der Waals surface area contributed by atoms with Gasteiger partial charge in [-0.05, 0) is 30.0 Å². The minimum Gasteiger partial charge on any atom is -0.397 e. The monoisotopic (exact) mass is 293 g/mol. The zero-order valence-electron chi connectivity index (χ0n) is 13.6. The van der Waals surface area contributed by atoms with Crippen LogP contribution in [-0.4, -0.2) is 42.7 Å². The Hall–Kier alpha value is -1.75. The number of aliphatic hydroxyl groups is 1. The number of aliphatic hydroxyl groups excluding tert-OH is 1. The Morgan fingerprint density at radius 1 is 1.38 bits per heavy atom. The molecule has 4 N–H and O–H groups in total. The second-order valence-electron chi connectivity index (χ2n) is 6.80. The highest BCUT2D eigenvalue weighted by Gasteiger charge is 2.17. The Labute approximate surface area is 127 Å². The minimum absolute atomic E-state index is 0.0649. The van der Waals surface area contributed by atoms with E-state index >= 15 is 0 Å². The zero-order valence-corrected chi connectivity index (χ0v) is 13.6. The molecule has 1 amide bonds. The third kappa shape index (κ3) is 5.63. The first-order valence-electron chi connectivity index (χ1n) is 7.13. The summed E-state index contributed by atoms with van der Waals surface area (Å²) in [5.74, 6) is -0.0757. The molecule has 1 aromatic rings. The number of nitrogens with two attached hydrogens (primary N) is 1. The minimum atomic E-state index is -0.461. The lowest BCUT2D eigenvalue weighted by Crippen LogP contribution is -2.26. The van der Waals surface area contributed by atoms with Crippen molar-refractivity contribution >= 4 is 17.3 Å². The Morgan fingerprint density at radius 3 is 2.52 bits per heavy atom. The molecule has 1 rings (SSSR count). The van der Waals surface area contributed by atoms with Gasteiger partial charge in [0.05, 0.1) is 17.5 Å². The van der Waals surface area contributed by atoms with Gasteiger partial charge in [0.25, 0.3) is 5.91 Å². The van der Waals surface area contributed by atoms with Crippen LogP contribution in [0.3, 0.4) is 0 Å². The van der Waals surface area contributed by atoms with E-state index in [1.807, 2.05) is 0 Å². The Morgan fingerprint density at radius 2 is 2.00 bits per heavy atom. The molecule has 0 aliphatic carbocycles. The number of nitrogen functional groups attached to an aromatic ring is 1. The maximum absolute atomic E-state index is 11.9. The summed E-state index contributed by atoms with van der Waals surface area (Å²) in [4.78, 5) is 13.5. The average Bonchev–Trinajstić information content (AvgIpc) is 2.34. The molecule has 0 saturated carbocycles. The van der Waals surface area contributed by atoms with Gasteiger partial charge in [0.1, 0.15) is 0 Å². The van der Waals surface area contributed by atoms with Crippen molar-refractivity contribution in [3.8, 4) is 0 Å². The van der Waals surface area contributed by atoms with Crippen LogP contribution in [0.1, 0.15) is 37.6 Å². The van der Waals surface area contributed by atoms with Crippen LogP contribution in [0.15, 0.2) is 18.2 Å². The van der Waals surface area contributed by atoms with Gasteiger partial charge in [0.2, 0.25) is 0 Å². The number of anilines is 2. The topological polar surface area (TPSA) is 78.6 Å². The van der Waals surface area contributed by atoms with Crippen LogP contribution in [0.4, 0.5) is 11.4 Å². The summed E-state index contributed by atoms with van der Waals surface area (Å²) in [6.07, 6.45) is 0.230. The maximum Gasteiger partial charge on any atom is 0.253 e. The van der Waals surface area contributed by atoms with Crippen LogP contribution < -0.4 is 11.1 Å². The number of carbonyl (C=O) groups is 1. The number of rotatable bonds is 5. The number of hydrogen-bond acceptors (Lipinski definition) is 4. The van der Waals surface area contributed by atoms with Gasteiger partial charge in [-0.15, -0.1) is 0 Å². The lowest BCUT2D eigenvalue weighted by atomic mass is 9.89. The van der Waals surface area contributed by atoms with Gasteiger partial charge < -0.3 is 21.1 Å². The summed E-state index contributed by atoms with van der Waals surface area (Å²) in [6, 6.07) is 5.13. The van der Waals surface area contributed by atoms with Gasteiger partial charge >= 0.3 is 0 Å². The molecule has 0 heterocycles. The van der Waals surface area contributed by atoms with Gasteiger partial charge in [0.15, 0.2) is 0 Å². The molecule has 1 aromatic carbocycles. The highest BCUT2D eigenvalue weighted by atomic mass is 16.3. The fourth-order valence-electron chi connectivity index (χ4n) is 2.11. The largest absolute Gasteiger partial charge is 0.397 e. The predicted octanol–water partition coefficient (Wildman–Crippen LogP) is 2.18. The summed E-state index contributed by atoms with van der Waals surface area (Å²) >= 11 is 0. The van der Waals surface area contributed by atoms with E-state index in [4.69, 9.17) is 5.73 Å². The summed E-state index contributed by atoms with van der Waals surface area (Å²) < 4.78 is 0. The molecule has 0 saturated heterocycles. The first kappa shape index (κ1) is 17.3. The molecule has 0 radical (unpaired) electrons. The third-order valence-corrected chi connectivity index (χ3v) is 3.08. The fourth-order valence-corrected chi connectivity index (χ4v) is 2.11. The van der Waals surface area contributed by atoms with Gasteiger partial charge in [-0.1, -0.05) is 20.8 Å². The molecule has 0 aliphatic heterocycles. The summed E-state index contributed by atoms with van der Waals surface area (Å²) in [5.41, 5.74) is 7.79. The van der Waals surface area contributed by atoms with Crippen molar-refractivity contribution < 1.29 is 9.90 Å². The lowest BCUT2D eigenvalue weighted by Gasteiger charge is -2.23. The third-order valence-electron chi connectivity index (χ3n) is 3.08. The number of carbonyl (C=O) groups excluding carboxylic acids is 1. The molecule has 118 valence electrons. The van der Waals surface area contributed by atoms with Crippen LogP contribution >= 0.6 is 0 Å². The zero-order chi connectivity index (χ0) is 16.2. The first-order chi connectivity index (χ1) is 9.60. The Kier molecular flexibility index (Phi) is 5.61.